The maximum absolute atomic E-state index is 13.1. The minimum absolute atomic E-state index is 0.00466. The van der Waals surface area contributed by atoms with Crippen LogP contribution in [0.3, 0.4) is 0 Å². The predicted octanol–water partition coefficient (Wildman–Crippen LogP) is 2.19. The lowest BCUT2D eigenvalue weighted by atomic mass is 9.88. The quantitative estimate of drug-likeness (QED) is 0.758. The van der Waals surface area contributed by atoms with Gasteiger partial charge in [-0.2, -0.15) is 0 Å². The molecule has 1 aromatic heterocycles. The molecule has 0 bridgehead atoms. The summed E-state index contributed by atoms with van der Waals surface area (Å²) in [6.07, 6.45) is 0.845. The summed E-state index contributed by atoms with van der Waals surface area (Å²) in [5, 5.41) is 13.9. The Hall–Kier alpha value is -2.15. The van der Waals surface area contributed by atoms with Crippen LogP contribution in [0.4, 0.5) is 0 Å². The SMILES string of the molecule is CCCNC(=O)[C@H]1[C@H](CO)[C@H]2Cn3c(cccc3=O)[C@H]2N1Cc1ccccc1Cl. The lowest BCUT2D eigenvalue weighted by Gasteiger charge is -2.31. The molecule has 2 aliphatic rings. The Bertz CT molecular complexity index is 960. The number of fused-ring (bicyclic) bond motifs is 3. The minimum Gasteiger partial charge on any atom is -0.396 e. The molecule has 1 fully saturated rings. The molecular formula is C22H26ClN3O3. The van der Waals surface area contributed by atoms with Gasteiger partial charge in [0.25, 0.3) is 5.56 Å². The van der Waals surface area contributed by atoms with E-state index < -0.39 is 6.04 Å². The fraction of sp³-hybridized carbons (Fsp3) is 0.455. The van der Waals surface area contributed by atoms with Crippen LogP contribution >= 0.6 is 11.6 Å². The third-order valence-electron chi connectivity index (χ3n) is 6.19. The molecule has 1 saturated heterocycles. The number of aromatic nitrogens is 1. The van der Waals surface area contributed by atoms with E-state index >= 15 is 0 Å². The third-order valence-corrected chi connectivity index (χ3v) is 6.56. The molecule has 4 rings (SSSR count). The summed E-state index contributed by atoms with van der Waals surface area (Å²) < 4.78 is 1.78. The molecule has 0 saturated carbocycles. The summed E-state index contributed by atoms with van der Waals surface area (Å²) in [5.74, 6) is -0.328. The van der Waals surface area contributed by atoms with E-state index in [1.165, 1.54) is 0 Å². The van der Waals surface area contributed by atoms with Gasteiger partial charge in [-0.15, -0.1) is 0 Å². The summed E-state index contributed by atoms with van der Waals surface area (Å²) in [7, 11) is 0. The standard InChI is InChI=1S/C22H26ClN3O3/c1-2-10-24-22(29)21-16(13-27)15-12-25-18(8-5-9-19(25)28)20(15)26(21)11-14-6-3-4-7-17(14)23/h3-9,15-16,20-21,27H,2,10-13H2,1H3,(H,24,29)/t15-,16-,20+,21-/m1/s1. The summed E-state index contributed by atoms with van der Waals surface area (Å²) in [6.45, 7) is 3.50. The van der Waals surface area contributed by atoms with Crippen molar-refractivity contribution in [3.8, 4) is 0 Å². The fourth-order valence-corrected chi connectivity index (χ4v) is 5.11. The van der Waals surface area contributed by atoms with E-state index in [4.69, 9.17) is 11.6 Å². The van der Waals surface area contributed by atoms with Gasteiger partial charge in [-0.1, -0.05) is 42.8 Å². The molecule has 0 aliphatic carbocycles. The summed E-state index contributed by atoms with van der Waals surface area (Å²) in [6, 6.07) is 12.3. The molecule has 154 valence electrons. The first kappa shape index (κ1) is 20.1. The van der Waals surface area contributed by atoms with Gasteiger partial charge in [-0.25, -0.2) is 0 Å². The van der Waals surface area contributed by atoms with E-state index in [1.54, 1.807) is 16.7 Å². The first-order valence-electron chi connectivity index (χ1n) is 10.1. The molecule has 1 amide bonds. The number of rotatable bonds is 6. The van der Waals surface area contributed by atoms with Crippen LogP contribution in [0.15, 0.2) is 47.3 Å². The van der Waals surface area contributed by atoms with E-state index in [9.17, 15) is 14.7 Å². The predicted molar refractivity (Wildman–Crippen MR) is 112 cm³/mol. The Balaban J connectivity index is 1.77. The van der Waals surface area contributed by atoms with Crippen LogP contribution in [0.2, 0.25) is 5.02 Å². The molecule has 0 unspecified atom stereocenters. The van der Waals surface area contributed by atoms with Crippen LogP contribution < -0.4 is 10.9 Å². The largest absolute Gasteiger partial charge is 0.396 e. The van der Waals surface area contributed by atoms with E-state index in [0.29, 0.717) is 24.7 Å². The van der Waals surface area contributed by atoms with E-state index in [-0.39, 0.29) is 36.0 Å². The molecule has 0 spiro atoms. The van der Waals surface area contributed by atoms with Gasteiger partial charge < -0.3 is 15.0 Å². The average molecular weight is 416 g/mol. The number of nitrogens with zero attached hydrogens (tertiary/aromatic N) is 2. The average Bonchev–Trinajstić information content (AvgIpc) is 3.24. The van der Waals surface area contributed by atoms with Gasteiger partial charge in [0.2, 0.25) is 5.91 Å². The summed E-state index contributed by atoms with van der Waals surface area (Å²) in [5.41, 5.74) is 1.79. The minimum atomic E-state index is -0.470. The molecular weight excluding hydrogens is 390 g/mol. The van der Waals surface area contributed by atoms with Gasteiger partial charge in [0.1, 0.15) is 0 Å². The van der Waals surface area contributed by atoms with Crippen LogP contribution in [-0.4, -0.2) is 39.7 Å². The Morgan fingerprint density at radius 2 is 2.03 bits per heavy atom. The fourth-order valence-electron chi connectivity index (χ4n) is 4.91. The third kappa shape index (κ3) is 3.50. The highest BCUT2D eigenvalue weighted by atomic mass is 35.5. The van der Waals surface area contributed by atoms with E-state index in [2.05, 4.69) is 10.2 Å². The molecule has 0 radical (unpaired) electrons. The number of aliphatic hydroxyl groups is 1. The highest BCUT2D eigenvalue weighted by molar-refractivity contribution is 6.31. The number of pyridine rings is 1. The maximum Gasteiger partial charge on any atom is 0.250 e. The van der Waals surface area contributed by atoms with Crippen LogP contribution in [-0.2, 0) is 17.9 Å². The van der Waals surface area contributed by atoms with Crippen LogP contribution in [0.25, 0.3) is 0 Å². The van der Waals surface area contributed by atoms with E-state index in [0.717, 1.165) is 17.7 Å². The number of aliphatic hydroxyl groups excluding tert-OH is 1. The monoisotopic (exact) mass is 415 g/mol. The van der Waals surface area contributed by atoms with Crippen molar-refractivity contribution in [3.63, 3.8) is 0 Å². The molecule has 2 aliphatic heterocycles. The molecule has 2 N–H and O–H groups in total. The van der Waals surface area contributed by atoms with Gasteiger partial charge in [0.15, 0.2) is 0 Å². The van der Waals surface area contributed by atoms with Gasteiger partial charge in [0, 0.05) is 54.9 Å². The number of likely N-dealkylation sites (tertiary alicyclic amines) is 1. The zero-order chi connectivity index (χ0) is 20.5. The van der Waals surface area contributed by atoms with Crippen molar-refractivity contribution in [3.05, 3.63) is 69.1 Å². The van der Waals surface area contributed by atoms with Gasteiger partial charge in [0.05, 0.1) is 12.1 Å². The molecule has 6 nitrogen and oxygen atoms in total. The molecule has 7 heteroatoms. The van der Waals surface area contributed by atoms with Crippen molar-refractivity contribution in [2.75, 3.05) is 13.2 Å². The lowest BCUT2D eigenvalue weighted by molar-refractivity contribution is -0.128. The number of hydrogen-bond acceptors (Lipinski definition) is 4. The Morgan fingerprint density at radius 1 is 1.24 bits per heavy atom. The van der Waals surface area contributed by atoms with Crippen LogP contribution in [0, 0.1) is 11.8 Å². The molecule has 2 aromatic rings. The zero-order valence-electron chi connectivity index (χ0n) is 16.4. The Morgan fingerprint density at radius 3 is 2.76 bits per heavy atom. The zero-order valence-corrected chi connectivity index (χ0v) is 17.2. The van der Waals surface area contributed by atoms with Crippen LogP contribution in [0.1, 0.15) is 30.6 Å². The van der Waals surface area contributed by atoms with Gasteiger partial charge in [-0.3, -0.25) is 14.5 Å². The molecule has 3 heterocycles. The molecule has 4 atom stereocenters. The van der Waals surface area contributed by atoms with Gasteiger partial charge >= 0.3 is 0 Å². The number of carbonyl (C=O) groups is 1. The van der Waals surface area contributed by atoms with Crippen molar-refractivity contribution in [1.29, 1.82) is 0 Å². The number of amides is 1. The van der Waals surface area contributed by atoms with Crippen molar-refractivity contribution in [2.24, 2.45) is 11.8 Å². The Kier molecular flexibility index (Phi) is 5.76. The second kappa shape index (κ2) is 8.30. The molecule has 1 aromatic carbocycles. The van der Waals surface area contributed by atoms with Gasteiger partial charge in [-0.05, 0) is 24.1 Å². The second-order valence-corrected chi connectivity index (χ2v) is 8.26. The first-order valence-corrected chi connectivity index (χ1v) is 10.5. The van der Waals surface area contributed by atoms with Crippen LogP contribution in [0.5, 0.6) is 0 Å². The second-order valence-electron chi connectivity index (χ2n) is 7.85. The molecule has 29 heavy (non-hydrogen) atoms. The maximum atomic E-state index is 13.1. The smallest absolute Gasteiger partial charge is 0.250 e. The summed E-state index contributed by atoms with van der Waals surface area (Å²) >= 11 is 6.42. The number of hydrogen-bond donors (Lipinski definition) is 2. The topological polar surface area (TPSA) is 74.6 Å². The van der Waals surface area contributed by atoms with Crippen molar-refractivity contribution >= 4 is 17.5 Å². The lowest BCUT2D eigenvalue weighted by Crippen LogP contribution is -2.48. The van der Waals surface area contributed by atoms with Crippen molar-refractivity contribution in [2.45, 2.75) is 38.5 Å². The summed E-state index contributed by atoms with van der Waals surface area (Å²) in [4.78, 5) is 27.6. The number of nitrogens with one attached hydrogen (secondary N) is 1. The number of carbonyl (C=O) groups excluding carboxylic acids is 1. The number of halogens is 1. The highest BCUT2D eigenvalue weighted by Crippen LogP contribution is 2.49. The first-order chi connectivity index (χ1) is 14.1. The Labute approximate surface area is 175 Å². The van der Waals surface area contributed by atoms with Crippen molar-refractivity contribution in [1.82, 2.24) is 14.8 Å². The number of benzene rings is 1. The normalized spacial score (nSPS) is 25.6. The van der Waals surface area contributed by atoms with Crippen molar-refractivity contribution < 1.29 is 9.90 Å². The highest BCUT2D eigenvalue weighted by Gasteiger charge is 2.55. The van der Waals surface area contributed by atoms with E-state index in [1.807, 2.05) is 37.3 Å².